The Morgan fingerprint density at radius 1 is 1.21 bits per heavy atom. The second-order valence-electron chi connectivity index (χ2n) is 6.81. The Morgan fingerprint density at radius 3 is 2.93 bits per heavy atom. The fourth-order valence-electron chi connectivity index (χ4n) is 2.71. The van der Waals surface area contributed by atoms with E-state index in [4.69, 9.17) is 0 Å². The van der Waals surface area contributed by atoms with Gasteiger partial charge in [-0.3, -0.25) is 14.7 Å². The highest BCUT2D eigenvalue weighted by Gasteiger charge is 2.21. The van der Waals surface area contributed by atoms with Crippen LogP contribution in [0.1, 0.15) is 18.4 Å². The van der Waals surface area contributed by atoms with Crippen molar-refractivity contribution < 1.29 is 9.59 Å². The molecule has 1 aromatic carbocycles. The SMILES string of the molecule is O=C(C=CC(=O)Nc1cccc(CSc2ncnc3[nH]ncc23)c1)NCC1CC1. The Labute approximate surface area is 171 Å². The smallest absolute Gasteiger partial charge is 0.248 e. The van der Waals surface area contributed by atoms with Gasteiger partial charge in [0.15, 0.2) is 5.65 Å². The predicted molar refractivity (Wildman–Crippen MR) is 111 cm³/mol. The average molecular weight is 408 g/mol. The van der Waals surface area contributed by atoms with Crippen LogP contribution >= 0.6 is 11.8 Å². The largest absolute Gasteiger partial charge is 0.352 e. The van der Waals surface area contributed by atoms with Gasteiger partial charge in [-0.2, -0.15) is 5.10 Å². The number of hydrogen-bond donors (Lipinski definition) is 3. The molecular weight excluding hydrogens is 388 g/mol. The third kappa shape index (κ3) is 5.41. The van der Waals surface area contributed by atoms with E-state index in [0.29, 0.717) is 29.6 Å². The summed E-state index contributed by atoms with van der Waals surface area (Å²) in [6.07, 6.45) is 8.07. The van der Waals surface area contributed by atoms with Gasteiger partial charge in [0.2, 0.25) is 11.8 Å². The van der Waals surface area contributed by atoms with E-state index in [1.165, 1.54) is 31.3 Å². The van der Waals surface area contributed by atoms with Gasteiger partial charge >= 0.3 is 0 Å². The van der Waals surface area contributed by atoms with E-state index in [1.807, 2.05) is 24.3 Å². The van der Waals surface area contributed by atoms with Crippen LogP contribution in [0.5, 0.6) is 0 Å². The number of benzene rings is 1. The molecule has 2 heterocycles. The van der Waals surface area contributed by atoms with Crippen LogP contribution in [0, 0.1) is 5.92 Å². The standard InChI is InChI=1S/C20H20N6O2S/c27-17(21-9-13-4-5-13)6-7-18(28)25-15-3-1-2-14(8-15)11-29-20-16-10-24-26-19(16)22-12-23-20/h1-3,6-8,10,12-13H,4-5,9,11H2,(H,21,27)(H,25,28)(H,22,23,24,26). The number of aromatic nitrogens is 4. The summed E-state index contributed by atoms with van der Waals surface area (Å²) in [5, 5.41) is 14.1. The first-order valence-electron chi connectivity index (χ1n) is 9.30. The third-order valence-corrected chi connectivity index (χ3v) is 5.51. The second-order valence-corrected chi connectivity index (χ2v) is 7.78. The van der Waals surface area contributed by atoms with E-state index >= 15 is 0 Å². The number of H-pyrrole nitrogens is 1. The zero-order valence-corrected chi connectivity index (χ0v) is 16.4. The highest BCUT2D eigenvalue weighted by molar-refractivity contribution is 7.98. The van der Waals surface area contributed by atoms with Crippen molar-refractivity contribution >= 4 is 40.3 Å². The minimum Gasteiger partial charge on any atom is -0.352 e. The number of fused-ring (bicyclic) bond motifs is 1. The van der Waals surface area contributed by atoms with E-state index in [0.717, 1.165) is 16.0 Å². The Balaban J connectivity index is 1.31. The number of aromatic amines is 1. The summed E-state index contributed by atoms with van der Waals surface area (Å²) in [4.78, 5) is 32.2. The van der Waals surface area contributed by atoms with Crippen molar-refractivity contribution in [3.63, 3.8) is 0 Å². The summed E-state index contributed by atoms with van der Waals surface area (Å²) >= 11 is 1.57. The number of nitrogens with zero attached hydrogens (tertiary/aromatic N) is 3. The Bertz CT molecular complexity index is 1060. The van der Waals surface area contributed by atoms with Crippen LogP contribution in [0.4, 0.5) is 5.69 Å². The summed E-state index contributed by atoms with van der Waals surface area (Å²) in [6, 6.07) is 7.58. The molecule has 0 aliphatic heterocycles. The molecule has 3 N–H and O–H groups in total. The van der Waals surface area contributed by atoms with Crippen molar-refractivity contribution in [3.8, 4) is 0 Å². The molecule has 0 radical (unpaired) electrons. The van der Waals surface area contributed by atoms with Gasteiger partial charge in [-0.25, -0.2) is 9.97 Å². The first kappa shape index (κ1) is 19.1. The zero-order valence-electron chi connectivity index (χ0n) is 15.6. The Morgan fingerprint density at radius 2 is 2.07 bits per heavy atom. The van der Waals surface area contributed by atoms with E-state index in [1.54, 1.807) is 18.0 Å². The van der Waals surface area contributed by atoms with Crippen LogP contribution in [0.25, 0.3) is 11.0 Å². The molecule has 4 rings (SSSR count). The molecule has 29 heavy (non-hydrogen) atoms. The van der Waals surface area contributed by atoms with Gasteiger partial charge in [-0.1, -0.05) is 12.1 Å². The lowest BCUT2D eigenvalue weighted by Gasteiger charge is -2.06. The van der Waals surface area contributed by atoms with Crippen molar-refractivity contribution in [2.75, 3.05) is 11.9 Å². The van der Waals surface area contributed by atoms with E-state index in [9.17, 15) is 9.59 Å². The minimum absolute atomic E-state index is 0.243. The molecule has 0 unspecified atom stereocenters. The van der Waals surface area contributed by atoms with Crippen LogP contribution in [0.3, 0.4) is 0 Å². The number of nitrogens with one attached hydrogen (secondary N) is 3. The fourth-order valence-corrected chi connectivity index (χ4v) is 3.62. The van der Waals surface area contributed by atoms with Crippen LogP contribution in [-0.4, -0.2) is 38.5 Å². The molecule has 1 aliphatic rings. The molecule has 2 amide bonds. The molecule has 1 fully saturated rings. The number of rotatable bonds is 8. The van der Waals surface area contributed by atoms with Gasteiger partial charge in [0.1, 0.15) is 11.4 Å². The molecule has 0 bridgehead atoms. The lowest BCUT2D eigenvalue weighted by Crippen LogP contribution is -2.23. The number of hydrogen-bond acceptors (Lipinski definition) is 6. The number of carbonyl (C=O) groups is 2. The Kier molecular flexibility index (Phi) is 5.85. The van der Waals surface area contributed by atoms with E-state index < -0.39 is 0 Å². The molecule has 148 valence electrons. The van der Waals surface area contributed by atoms with Gasteiger partial charge in [0.25, 0.3) is 0 Å². The van der Waals surface area contributed by atoms with Crippen molar-refractivity contribution in [2.45, 2.75) is 23.6 Å². The summed E-state index contributed by atoms with van der Waals surface area (Å²) in [6.45, 7) is 0.683. The highest BCUT2D eigenvalue weighted by Crippen LogP contribution is 2.28. The average Bonchev–Trinajstić information content (AvgIpc) is 3.43. The molecule has 9 heteroatoms. The molecule has 3 aromatic rings. The molecule has 0 saturated heterocycles. The number of amides is 2. The molecule has 2 aromatic heterocycles. The maximum Gasteiger partial charge on any atom is 0.248 e. The fraction of sp³-hybridized carbons (Fsp3) is 0.250. The number of thioether (sulfide) groups is 1. The van der Waals surface area contributed by atoms with Crippen LogP contribution < -0.4 is 10.6 Å². The first-order valence-corrected chi connectivity index (χ1v) is 10.3. The van der Waals surface area contributed by atoms with Crippen molar-refractivity contribution in [2.24, 2.45) is 5.92 Å². The maximum atomic E-state index is 12.1. The highest BCUT2D eigenvalue weighted by atomic mass is 32.2. The van der Waals surface area contributed by atoms with Crippen LogP contribution in [0.15, 0.2) is 54.0 Å². The van der Waals surface area contributed by atoms with Crippen molar-refractivity contribution in [1.82, 2.24) is 25.5 Å². The molecule has 1 aliphatic carbocycles. The van der Waals surface area contributed by atoms with Crippen LogP contribution in [-0.2, 0) is 15.3 Å². The zero-order chi connectivity index (χ0) is 20.1. The number of carbonyl (C=O) groups excluding carboxylic acids is 2. The van der Waals surface area contributed by atoms with Gasteiger partial charge < -0.3 is 10.6 Å². The topological polar surface area (TPSA) is 113 Å². The van der Waals surface area contributed by atoms with E-state index in [-0.39, 0.29) is 11.8 Å². The van der Waals surface area contributed by atoms with E-state index in [2.05, 4.69) is 30.8 Å². The van der Waals surface area contributed by atoms with Gasteiger partial charge in [0.05, 0.1) is 11.6 Å². The molecular formula is C20H20N6O2S. The van der Waals surface area contributed by atoms with Crippen molar-refractivity contribution in [3.05, 3.63) is 54.5 Å². The summed E-state index contributed by atoms with van der Waals surface area (Å²) in [5.41, 5.74) is 2.41. The Hall–Kier alpha value is -3.20. The first-order chi connectivity index (χ1) is 14.2. The molecule has 1 saturated carbocycles. The van der Waals surface area contributed by atoms with Crippen molar-refractivity contribution in [1.29, 1.82) is 0 Å². The normalized spacial score (nSPS) is 13.7. The lowest BCUT2D eigenvalue weighted by molar-refractivity contribution is -0.117. The molecule has 8 nitrogen and oxygen atoms in total. The minimum atomic E-state index is -0.340. The molecule has 0 spiro atoms. The summed E-state index contributed by atoms with van der Waals surface area (Å²) < 4.78 is 0. The van der Waals surface area contributed by atoms with Gasteiger partial charge in [0, 0.05) is 30.1 Å². The third-order valence-electron chi connectivity index (χ3n) is 4.43. The summed E-state index contributed by atoms with van der Waals surface area (Å²) in [5.74, 6) is 0.703. The maximum absolute atomic E-state index is 12.1. The predicted octanol–water partition coefficient (Wildman–Crippen LogP) is 2.67. The lowest BCUT2D eigenvalue weighted by atomic mass is 10.2. The quantitative estimate of drug-likeness (QED) is 0.300. The second kappa shape index (κ2) is 8.87. The van der Waals surface area contributed by atoms with Crippen LogP contribution in [0.2, 0.25) is 0 Å². The molecule has 0 atom stereocenters. The number of anilines is 1. The van der Waals surface area contributed by atoms with Gasteiger partial charge in [-0.05, 0) is 36.5 Å². The monoisotopic (exact) mass is 408 g/mol. The summed E-state index contributed by atoms with van der Waals surface area (Å²) in [7, 11) is 0. The van der Waals surface area contributed by atoms with Gasteiger partial charge in [-0.15, -0.1) is 11.8 Å².